The number of thioether (sulfide) groups is 1. The lowest BCUT2D eigenvalue weighted by Crippen LogP contribution is -2.15. The molecule has 0 spiro atoms. The van der Waals surface area contributed by atoms with Crippen LogP contribution < -0.4 is 15.8 Å². The van der Waals surface area contributed by atoms with E-state index in [4.69, 9.17) is 15.2 Å². The fraction of sp³-hybridized carbons (Fsp3) is 0.294. The number of nitrogens with two attached hydrogens (primary N) is 1. The molecule has 1 heterocycles. The molecule has 8 nitrogen and oxygen atoms in total. The van der Waals surface area contributed by atoms with Crippen molar-refractivity contribution >= 4 is 35.1 Å². The van der Waals surface area contributed by atoms with Crippen molar-refractivity contribution in [2.45, 2.75) is 19.0 Å². The first-order valence-corrected chi connectivity index (χ1v) is 8.97. The molecule has 1 amide bonds. The maximum atomic E-state index is 12.0. The average Bonchev–Trinajstić information content (AvgIpc) is 2.62. The lowest BCUT2D eigenvalue weighted by molar-refractivity contribution is -0.113. The van der Waals surface area contributed by atoms with Gasteiger partial charge in [0.1, 0.15) is 17.1 Å². The number of amides is 1. The van der Waals surface area contributed by atoms with Crippen molar-refractivity contribution in [2.75, 3.05) is 30.0 Å². The standard InChI is InChI=1S/C17H20N4O4S/c1-3-24-12-7-5-11(6-8-12)20-14(22)10-26-17-19-9-13(15(18)21-17)16(23)25-4-2/h5-9H,3-4,10H2,1-2H3,(H,20,22)(H2,18,19,21). The number of carbonyl (C=O) groups excluding carboxylic acids is 2. The number of aromatic nitrogens is 2. The van der Waals surface area contributed by atoms with Gasteiger partial charge < -0.3 is 20.5 Å². The van der Waals surface area contributed by atoms with Gasteiger partial charge in [0.15, 0.2) is 5.16 Å². The minimum absolute atomic E-state index is 0.0212. The van der Waals surface area contributed by atoms with E-state index >= 15 is 0 Å². The van der Waals surface area contributed by atoms with Crippen LogP contribution in [-0.2, 0) is 9.53 Å². The van der Waals surface area contributed by atoms with E-state index in [0.717, 1.165) is 17.5 Å². The molecule has 0 aliphatic carbocycles. The summed E-state index contributed by atoms with van der Waals surface area (Å²) in [5.74, 6) is 0.0784. The molecule has 0 atom stereocenters. The Hall–Kier alpha value is -2.81. The molecule has 0 aliphatic heterocycles. The van der Waals surface area contributed by atoms with Crippen LogP contribution in [0.3, 0.4) is 0 Å². The highest BCUT2D eigenvalue weighted by Gasteiger charge is 2.14. The van der Waals surface area contributed by atoms with Crippen LogP contribution in [0.4, 0.5) is 11.5 Å². The number of rotatable bonds is 8. The summed E-state index contributed by atoms with van der Waals surface area (Å²) in [6, 6.07) is 7.08. The van der Waals surface area contributed by atoms with Gasteiger partial charge in [-0.15, -0.1) is 0 Å². The number of benzene rings is 1. The molecule has 0 radical (unpaired) electrons. The summed E-state index contributed by atoms with van der Waals surface area (Å²) in [7, 11) is 0. The van der Waals surface area contributed by atoms with E-state index in [9.17, 15) is 9.59 Å². The minimum Gasteiger partial charge on any atom is -0.494 e. The molecule has 1 aromatic carbocycles. The van der Waals surface area contributed by atoms with E-state index in [0.29, 0.717) is 17.5 Å². The Labute approximate surface area is 155 Å². The fourth-order valence-corrected chi connectivity index (χ4v) is 2.56. The number of anilines is 2. The third-order valence-corrected chi connectivity index (χ3v) is 3.93. The molecule has 9 heteroatoms. The quantitative estimate of drug-likeness (QED) is 0.410. The average molecular weight is 376 g/mol. The summed E-state index contributed by atoms with van der Waals surface area (Å²) < 4.78 is 10.2. The zero-order chi connectivity index (χ0) is 18.9. The molecule has 26 heavy (non-hydrogen) atoms. The van der Waals surface area contributed by atoms with Crippen molar-refractivity contribution < 1.29 is 19.1 Å². The van der Waals surface area contributed by atoms with Crippen LogP contribution in [0, 0.1) is 0 Å². The topological polar surface area (TPSA) is 116 Å². The summed E-state index contributed by atoms with van der Waals surface area (Å²) in [6.07, 6.45) is 1.30. The fourth-order valence-electron chi connectivity index (χ4n) is 1.94. The maximum absolute atomic E-state index is 12.0. The van der Waals surface area contributed by atoms with Crippen LogP contribution in [0.25, 0.3) is 0 Å². The predicted octanol–water partition coefficient (Wildman–Crippen LogP) is 2.36. The molecule has 1 aromatic heterocycles. The van der Waals surface area contributed by atoms with E-state index in [1.807, 2.05) is 6.92 Å². The van der Waals surface area contributed by atoms with Crippen molar-refractivity contribution in [1.82, 2.24) is 9.97 Å². The number of hydrogen-bond donors (Lipinski definition) is 2. The molecule has 138 valence electrons. The molecule has 2 rings (SSSR count). The van der Waals surface area contributed by atoms with Gasteiger partial charge >= 0.3 is 5.97 Å². The van der Waals surface area contributed by atoms with Crippen molar-refractivity contribution in [1.29, 1.82) is 0 Å². The third-order valence-electron chi connectivity index (χ3n) is 3.07. The molecule has 0 bridgehead atoms. The second kappa shape index (κ2) is 9.62. The zero-order valence-electron chi connectivity index (χ0n) is 14.5. The second-order valence-electron chi connectivity index (χ2n) is 4.97. The van der Waals surface area contributed by atoms with Crippen LogP contribution >= 0.6 is 11.8 Å². The normalized spacial score (nSPS) is 10.2. The number of nitrogens with one attached hydrogen (secondary N) is 1. The SMILES string of the molecule is CCOC(=O)c1cnc(SCC(=O)Nc2ccc(OCC)cc2)nc1N. The minimum atomic E-state index is -0.574. The first-order valence-electron chi connectivity index (χ1n) is 7.98. The van der Waals surface area contributed by atoms with Gasteiger partial charge in [0.25, 0.3) is 0 Å². The molecule has 0 unspecified atom stereocenters. The first kappa shape index (κ1) is 19.5. The van der Waals surface area contributed by atoms with Gasteiger partial charge in [0.05, 0.1) is 19.0 Å². The Morgan fingerprint density at radius 2 is 1.92 bits per heavy atom. The Morgan fingerprint density at radius 3 is 2.54 bits per heavy atom. The van der Waals surface area contributed by atoms with Crippen molar-refractivity contribution in [3.63, 3.8) is 0 Å². The number of nitrogen functional groups attached to an aromatic ring is 1. The van der Waals surface area contributed by atoms with Gasteiger partial charge in [-0.3, -0.25) is 4.79 Å². The molecule has 0 fully saturated rings. The molecular formula is C17H20N4O4S. The van der Waals surface area contributed by atoms with E-state index in [2.05, 4.69) is 15.3 Å². The third kappa shape index (κ3) is 5.62. The van der Waals surface area contributed by atoms with Crippen LogP contribution in [0.2, 0.25) is 0 Å². The zero-order valence-corrected chi connectivity index (χ0v) is 15.3. The highest BCUT2D eigenvalue weighted by Crippen LogP contribution is 2.19. The van der Waals surface area contributed by atoms with Gasteiger partial charge in [-0.1, -0.05) is 11.8 Å². The Kier molecular flexibility index (Phi) is 7.22. The highest BCUT2D eigenvalue weighted by atomic mass is 32.2. The van der Waals surface area contributed by atoms with E-state index < -0.39 is 5.97 Å². The summed E-state index contributed by atoms with van der Waals surface area (Å²) in [5, 5.41) is 3.07. The number of esters is 1. The predicted molar refractivity (Wildman–Crippen MR) is 99.4 cm³/mol. The molecule has 0 saturated heterocycles. The lowest BCUT2D eigenvalue weighted by Gasteiger charge is -2.07. The van der Waals surface area contributed by atoms with Crippen LogP contribution in [-0.4, -0.2) is 40.8 Å². The Bertz CT molecular complexity index is 768. The number of nitrogens with zero attached hydrogens (tertiary/aromatic N) is 2. The number of carbonyl (C=O) groups is 2. The number of hydrogen-bond acceptors (Lipinski definition) is 8. The van der Waals surface area contributed by atoms with E-state index in [1.165, 1.54) is 6.20 Å². The van der Waals surface area contributed by atoms with Gasteiger partial charge in [-0.2, -0.15) is 0 Å². The number of ether oxygens (including phenoxy) is 2. The summed E-state index contributed by atoms with van der Waals surface area (Å²) in [5.41, 5.74) is 6.51. The van der Waals surface area contributed by atoms with Crippen LogP contribution in [0.15, 0.2) is 35.6 Å². The molecule has 0 aliphatic rings. The Morgan fingerprint density at radius 1 is 1.19 bits per heavy atom. The second-order valence-corrected chi connectivity index (χ2v) is 5.91. The van der Waals surface area contributed by atoms with Gasteiger partial charge in [-0.25, -0.2) is 14.8 Å². The lowest BCUT2D eigenvalue weighted by atomic mass is 10.3. The monoisotopic (exact) mass is 376 g/mol. The molecule has 2 aromatic rings. The highest BCUT2D eigenvalue weighted by molar-refractivity contribution is 7.99. The molecule has 3 N–H and O–H groups in total. The largest absolute Gasteiger partial charge is 0.494 e. The Balaban J connectivity index is 1.88. The van der Waals surface area contributed by atoms with E-state index in [-0.39, 0.29) is 29.6 Å². The van der Waals surface area contributed by atoms with Gasteiger partial charge in [-0.05, 0) is 38.1 Å². The smallest absolute Gasteiger partial charge is 0.343 e. The molecular weight excluding hydrogens is 356 g/mol. The summed E-state index contributed by atoms with van der Waals surface area (Å²) in [6.45, 7) is 4.42. The maximum Gasteiger partial charge on any atom is 0.343 e. The van der Waals surface area contributed by atoms with E-state index in [1.54, 1.807) is 31.2 Å². The summed E-state index contributed by atoms with van der Waals surface area (Å²) >= 11 is 1.12. The van der Waals surface area contributed by atoms with Gasteiger partial charge in [0, 0.05) is 11.9 Å². The van der Waals surface area contributed by atoms with Crippen molar-refractivity contribution in [3.05, 3.63) is 36.0 Å². The first-order chi connectivity index (χ1) is 12.5. The van der Waals surface area contributed by atoms with Crippen molar-refractivity contribution in [2.24, 2.45) is 0 Å². The van der Waals surface area contributed by atoms with Crippen LogP contribution in [0.5, 0.6) is 5.75 Å². The van der Waals surface area contributed by atoms with Crippen molar-refractivity contribution in [3.8, 4) is 5.75 Å². The van der Waals surface area contributed by atoms with Crippen LogP contribution in [0.1, 0.15) is 24.2 Å². The molecule has 0 saturated carbocycles. The summed E-state index contributed by atoms with van der Waals surface area (Å²) in [4.78, 5) is 31.7. The van der Waals surface area contributed by atoms with Gasteiger partial charge in [0.2, 0.25) is 5.91 Å².